The van der Waals surface area contributed by atoms with Gasteiger partial charge < -0.3 is 9.84 Å². The molecule has 1 fully saturated rings. The van der Waals surface area contributed by atoms with Crippen LogP contribution in [0.5, 0.6) is 5.75 Å². The molecule has 5 heteroatoms. The quantitative estimate of drug-likeness (QED) is 0.686. The lowest BCUT2D eigenvalue weighted by atomic mass is 10.1. The molecular weight excluding hydrogens is 350 g/mol. The Hall–Kier alpha value is -2.47. The Bertz CT molecular complexity index is 879. The number of rotatable bonds is 7. The Morgan fingerprint density at radius 3 is 2.46 bits per heavy atom. The number of piperazine rings is 1. The van der Waals surface area contributed by atoms with E-state index in [1.165, 1.54) is 10.9 Å². The molecule has 0 amide bonds. The second kappa shape index (κ2) is 9.15. The van der Waals surface area contributed by atoms with Crippen LogP contribution in [0.25, 0.3) is 10.9 Å². The smallest absolute Gasteiger partial charge is 0.119 e. The summed E-state index contributed by atoms with van der Waals surface area (Å²) in [6.45, 7) is 5.82. The van der Waals surface area contributed by atoms with Crippen LogP contribution in [-0.2, 0) is 6.54 Å². The van der Waals surface area contributed by atoms with E-state index >= 15 is 0 Å². The van der Waals surface area contributed by atoms with Gasteiger partial charge in [0.1, 0.15) is 18.5 Å². The zero-order valence-corrected chi connectivity index (χ0v) is 16.1. The monoisotopic (exact) mass is 377 g/mol. The molecule has 1 saturated heterocycles. The van der Waals surface area contributed by atoms with Crippen LogP contribution in [-0.4, -0.2) is 65.3 Å². The lowest BCUT2D eigenvalue weighted by Gasteiger charge is -2.35. The van der Waals surface area contributed by atoms with Gasteiger partial charge in [0, 0.05) is 50.9 Å². The molecule has 1 aliphatic heterocycles. The number of ether oxygens (including phenoxy) is 1. The van der Waals surface area contributed by atoms with Gasteiger partial charge in [0.15, 0.2) is 0 Å². The molecule has 1 aliphatic rings. The molecule has 28 heavy (non-hydrogen) atoms. The van der Waals surface area contributed by atoms with Crippen molar-refractivity contribution in [1.82, 2.24) is 14.8 Å². The number of pyridine rings is 1. The average Bonchev–Trinajstić information content (AvgIpc) is 2.74. The van der Waals surface area contributed by atoms with Crippen molar-refractivity contribution in [3.8, 4) is 5.75 Å². The van der Waals surface area contributed by atoms with Crippen LogP contribution in [0, 0.1) is 0 Å². The number of hydrogen-bond acceptors (Lipinski definition) is 5. The molecule has 0 saturated carbocycles. The lowest BCUT2D eigenvalue weighted by molar-refractivity contribution is 0.0446. The predicted octanol–water partition coefficient (Wildman–Crippen LogP) is 2.79. The first kappa shape index (κ1) is 18.9. The van der Waals surface area contributed by atoms with E-state index in [4.69, 9.17) is 4.74 Å². The number of hydrogen-bond donors (Lipinski definition) is 1. The third-order valence-corrected chi connectivity index (χ3v) is 5.17. The van der Waals surface area contributed by atoms with E-state index in [9.17, 15) is 5.11 Å². The fourth-order valence-electron chi connectivity index (χ4n) is 3.65. The van der Waals surface area contributed by atoms with Gasteiger partial charge in [-0.2, -0.15) is 0 Å². The fraction of sp³-hybridized carbons (Fsp3) is 0.348. The highest BCUT2D eigenvalue weighted by molar-refractivity contribution is 5.78. The summed E-state index contributed by atoms with van der Waals surface area (Å²) in [7, 11) is 0. The SMILES string of the molecule is O[C@@H](COc1ccccc1)CN1CCN(Cc2cnc3ccccc3c2)CC1. The van der Waals surface area contributed by atoms with Gasteiger partial charge in [-0.3, -0.25) is 14.8 Å². The maximum absolute atomic E-state index is 10.3. The number of aliphatic hydroxyl groups excluding tert-OH is 1. The van der Waals surface area contributed by atoms with Gasteiger partial charge in [0.2, 0.25) is 0 Å². The average molecular weight is 377 g/mol. The predicted molar refractivity (Wildman–Crippen MR) is 111 cm³/mol. The molecule has 1 aromatic heterocycles. The third-order valence-electron chi connectivity index (χ3n) is 5.17. The number of β-amino-alcohol motifs (C(OH)–C–C–N with tert-alkyl or cyclic N) is 1. The molecule has 146 valence electrons. The van der Waals surface area contributed by atoms with Crippen molar-refractivity contribution in [1.29, 1.82) is 0 Å². The van der Waals surface area contributed by atoms with Gasteiger partial charge in [0.05, 0.1) is 5.52 Å². The van der Waals surface area contributed by atoms with Crippen molar-refractivity contribution < 1.29 is 9.84 Å². The lowest BCUT2D eigenvalue weighted by Crippen LogP contribution is -2.48. The molecule has 3 aromatic rings. The highest BCUT2D eigenvalue weighted by Crippen LogP contribution is 2.15. The molecule has 1 atom stereocenters. The molecule has 2 heterocycles. The zero-order chi connectivity index (χ0) is 19.2. The van der Waals surface area contributed by atoms with Gasteiger partial charge in [0.25, 0.3) is 0 Å². The standard InChI is InChI=1S/C23H27N3O2/c27-21(18-28-22-7-2-1-3-8-22)17-26-12-10-25(11-13-26)16-19-14-20-6-4-5-9-23(20)24-15-19/h1-9,14-15,21,27H,10-13,16-18H2/t21-/m1/s1. The molecule has 0 spiro atoms. The van der Waals surface area contributed by atoms with E-state index in [1.807, 2.05) is 48.7 Å². The maximum Gasteiger partial charge on any atom is 0.119 e. The zero-order valence-electron chi connectivity index (χ0n) is 16.1. The van der Waals surface area contributed by atoms with Crippen molar-refractivity contribution >= 4 is 10.9 Å². The first-order valence-corrected chi connectivity index (χ1v) is 9.90. The second-order valence-electron chi connectivity index (χ2n) is 7.39. The Labute approximate surface area is 166 Å². The van der Waals surface area contributed by atoms with Crippen LogP contribution in [0.1, 0.15) is 5.56 Å². The van der Waals surface area contributed by atoms with Crippen LogP contribution in [0.4, 0.5) is 0 Å². The number of benzene rings is 2. The minimum absolute atomic E-state index is 0.326. The molecule has 0 radical (unpaired) electrons. The fourth-order valence-corrected chi connectivity index (χ4v) is 3.65. The molecule has 0 bridgehead atoms. The first-order valence-electron chi connectivity index (χ1n) is 9.90. The molecule has 0 aliphatic carbocycles. The molecular formula is C23H27N3O2. The molecule has 4 rings (SSSR count). The summed E-state index contributed by atoms with van der Waals surface area (Å²) < 4.78 is 5.65. The van der Waals surface area contributed by atoms with Crippen molar-refractivity contribution in [2.24, 2.45) is 0 Å². The van der Waals surface area contributed by atoms with Crippen LogP contribution >= 0.6 is 0 Å². The summed E-state index contributed by atoms with van der Waals surface area (Å²) in [6, 6.07) is 20.1. The Kier molecular flexibility index (Phi) is 6.17. The summed E-state index contributed by atoms with van der Waals surface area (Å²) in [5.74, 6) is 0.801. The first-order chi connectivity index (χ1) is 13.8. The van der Waals surface area contributed by atoms with Crippen molar-refractivity contribution in [2.75, 3.05) is 39.3 Å². The van der Waals surface area contributed by atoms with E-state index in [0.29, 0.717) is 13.2 Å². The van der Waals surface area contributed by atoms with Crippen molar-refractivity contribution in [2.45, 2.75) is 12.6 Å². The Morgan fingerprint density at radius 1 is 0.929 bits per heavy atom. The van der Waals surface area contributed by atoms with Gasteiger partial charge in [-0.25, -0.2) is 0 Å². The summed E-state index contributed by atoms with van der Waals surface area (Å²) in [4.78, 5) is 9.33. The minimum Gasteiger partial charge on any atom is -0.491 e. The van der Waals surface area contributed by atoms with Crippen LogP contribution in [0.15, 0.2) is 66.9 Å². The number of para-hydroxylation sites is 2. The van der Waals surface area contributed by atoms with Gasteiger partial charge in [-0.1, -0.05) is 36.4 Å². The largest absolute Gasteiger partial charge is 0.491 e. The highest BCUT2D eigenvalue weighted by Gasteiger charge is 2.19. The van der Waals surface area contributed by atoms with Crippen LogP contribution in [0.3, 0.4) is 0 Å². The van der Waals surface area contributed by atoms with E-state index in [0.717, 1.165) is 44.0 Å². The van der Waals surface area contributed by atoms with Gasteiger partial charge in [-0.15, -0.1) is 0 Å². The summed E-state index contributed by atoms with van der Waals surface area (Å²) >= 11 is 0. The van der Waals surface area contributed by atoms with Gasteiger partial charge >= 0.3 is 0 Å². The van der Waals surface area contributed by atoms with E-state index in [-0.39, 0.29) is 0 Å². The normalized spacial score (nSPS) is 16.9. The Morgan fingerprint density at radius 2 is 1.64 bits per heavy atom. The van der Waals surface area contributed by atoms with E-state index < -0.39 is 6.10 Å². The molecule has 0 unspecified atom stereocenters. The summed E-state index contributed by atoms with van der Waals surface area (Å²) in [5.41, 5.74) is 2.30. The van der Waals surface area contributed by atoms with E-state index in [1.54, 1.807) is 0 Å². The highest BCUT2D eigenvalue weighted by atomic mass is 16.5. The van der Waals surface area contributed by atoms with Crippen molar-refractivity contribution in [3.63, 3.8) is 0 Å². The van der Waals surface area contributed by atoms with Crippen LogP contribution in [0.2, 0.25) is 0 Å². The van der Waals surface area contributed by atoms with Gasteiger partial charge in [-0.05, 0) is 29.8 Å². The van der Waals surface area contributed by atoms with Crippen LogP contribution < -0.4 is 4.74 Å². The summed E-state index contributed by atoms with van der Waals surface area (Å²) in [5, 5.41) is 11.5. The van der Waals surface area contributed by atoms with Crippen molar-refractivity contribution in [3.05, 3.63) is 72.4 Å². The maximum atomic E-state index is 10.3. The number of aromatic nitrogens is 1. The minimum atomic E-state index is -0.476. The third kappa shape index (κ3) is 5.07. The molecule has 1 N–H and O–H groups in total. The topological polar surface area (TPSA) is 48.8 Å². The number of fused-ring (bicyclic) bond motifs is 1. The molecule has 2 aromatic carbocycles. The van der Waals surface area contributed by atoms with E-state index in [2.05, 4.69) is 33.0 Å². The number of nitrogens with zero attached hydrogens (tertiary/aromatic N) is 3. The Balaban J connectivity index is 1.21. The summed E-state index contributed by atoms with van der Waals surface area (Å²) in [6.07, 6.45) is 1.51. The second-order valence-corrected chi connectivity index (χ2v) is 7.39. The number of aliphatic hydroxyl groups is 1. The molecule has 5 nitrogen and oxygen atoms in total.